The molecule has 1 amide bonds. The summed E-state index contributed by atoms with van der Waals surface area (Å²) in [5.74, 6) is 0.0715. The lowest BCUT2D eigenvalue weighted by molar-refractivity contribution is -0.880. The van der Waals surface area contributed by atoms with Gasteiger partial charge in [0.2, 0.25) is 5.91 Å². The fourth-order valence-electron chi connectivity index (χ4n) is 2.22. The Hall–Kier alpha value is -1.55. The third kappa shape index (κ3) is 3.01. The Bertz CT molecular complexity index is 411. The molecule has 2 rings (SSSR count). The number of rotatable bonds is 3. The highest BCUT2D eigenvalue weighted by Gasteiger charge is 2.19. The molecule has 0 radical (unpaired) electrons. The summed E-state index contributed by atoms with van der Waals surface area (Å²) in [7, 11) is 2.22. The second kappa shape index (κ2) is 5.87. The number of nitrogens with one attached hydrogen (secondary N) is 2. The summed E-state index contributed by atoms with van der Waals surface area (Å²) in [6.07, 6.45) is 0.515. The number of anilines is 2. The molecule has 0 spiro atoms. The Balaban J connectivity index is 2.14. The van der Waals surface area contributed by atoms with Gasteiger partial charge in [0.15, 0.2) is 0 Å². The minimum Gasteiger partial charge on any atom is -0.359 e. The second-order valence-electron chi connectivity index (χ2n) is 4.86. The molecule has 1 aromatic carbocycles. The molecule has 0 atom stereocenters. The van der Waals surface area contributed by atoms with E-state index < -0.39 is 0 Å². The summed E-state index contributed by atoms with van der Waals surface area (Å²) < 4.78 is 0. The molecule has 18 heavy (non-hydrogen) atoms. The van der Waals surface area contributed by atoms with Crippen LogP contribution in [0.2, 0.25) is 0 Å². The summed E-state index contributed by atoms with van der Waals surface area (Å²) in [4.78, 5) is 15.5. The SMILES string of the molecule is CCC(=O)Nc1ccccc1N1CC[NH+](C)CC1. The number of carbonyl (C=O) groups is 1. The Morgan fingerprint density at radius 2 is 2.00 bits per heavy atom. The molecule has 98 valence electrons. The van der Waals surface area contributed by atoms with Crippen LogP contribution in [0, 0.1) is 0 Å². The van der Waals surface area contributed by atoms with Crippen LogP contribution >= 0.6 is 0 Å². The molecule has 0 aromatic heterocycles. The minimum absolute atomic E-state index is 0.0715. The van der Waals surface area contributed by atoms with Crippen LogP contribution in [-0.2, 0) is 4.79 Å². The first-order valence-electron chi connectivity index (χ1n) is 6.66. The molecule has 1 saturated heterocycles. The number of para-hydroxylation sites is 2. The topological polar surface area (TPSA) is 36.8 Å². The van der Waals surface area contributed by atoms with Crippen molar-refractivity contribution < 1.29 is 9.69 Å². The number of likely N-dealkylation sites (N-methyl/N-ethyl adjacent to an activating group) is 1. The van der Waals surface area contributed by atoms with Crippen molar-refractivity contribution in [2.45, 2.75) is 13.3 Å². The van der Waals surface area contributed by atoms with Gasteiger partial charge in [-0.2, -0.15) is 0 Å². The third-order valence-corrected chi connectivity index (χ3v) is 3.46. The molecule has 0 aliphatic carbocycles. The average Bonchev–Trinajstić information content (AvgIpc) is 2.40. The van der Waals surface area contributed by atoms with Gasteiger partial charge in [0, 0.05) is 6.42 Å². The Kier molecular flexibility index (Phi) is 4.20. The van der Waals surface area contributed by atoms with Crippen LogP contribution in [0.3, 0.4) is 0 Å². The van der Waals surface area contributed by atoms with Gasteiger partial charge in [-0.15, -0.1) is 0 Å². The zero-order valence-corrected chi connectivity index (χ0v) is 11.2. The van der Waals surface area contributed by atoms with E-state index >= 15 is 0 Å². The van der Waals surface area contributed by atoms with Crippen molar-refractivity contribution in [3.8, 4) is 0 Å². The molecule has 1 aliphatic rings. The number of amides is 1. The van der Waals surface area contributed by atoms with Crippen LogP contribution in [0.25, 0.3) is 0 Å². The van der Waals surface area contributed by atoms with Gasteiger partial charge in [-0.05, 0) is 12.1 Å². The summed E-state index contributed by atoms with van der Waals surface area (Å²) in [5, 5.41) is 2.98. The number of carbonyl (C=O) groups excluding carboxylic acids is 1. The van der Waals surface area contributed by atoms with Crippen molar-refractivity contribution >= 4 is 17.3 Å². The molecule has 1 aliphatic heterocycles. The van der Waals surface area contributed by atoms with E-state index in [1.54, 1.807) is 4.90 Å². The maximum absolute atomic E-state index is 11.5. The summed E-state index contributed by atoms with van der Waals surface area (Å²) in [6, 6.07) is 8.07. The molecule has 2 N–H and O–H groups in total. The molecule has 4 nitrogen and oxygen atoms in total. The monoisotopic (exact) mass is 248 g/mol. The van der Waals surface area contributed by atoms with E-state index in [0.717, 1.165) is 37.6 Å². The standard InChI is InChI=1S/C14H21N3O/c1-3-14(18)15-12-6-4-5-7-13(12)17-10-8-16(2)9-11-17/h4-7H,3,8-11H2,1-2H3,(H,15,18)/p+1. The van der Waals surface area contributed by atoms with E-state index in [-0.39, 0.29) is 5.91 Å². The molecular formula is C14H22N3O+. The van der Waals surface area contributed by atoms with Crippen LogP contribution in [0.5, 0.6) is 0 Å². The van der Waals surface area contributed by atoms with Crippen molar-refractivity contribution in [1.82, 2.24) is 0 Å². The van der Waals surface area contributed by atoms with Crippen molar-refractivity contribution in [2.24, 2.45) is 0 Å². The van der Waals surface area contributed by atoms with E-state index in [1.807, 2.05) is 25.1 Å². The number of nitrogens with zero attached hydrogens (tertiary/aromatic N) is 1. The lowest BCUT2D eigenvalue weighted by Gasteiger charge is -2.32. The van der Waals surface area contributed by atoms with E-state index in [9.17, 15) is 4.79 Å². The lowest BCUT2D eigenvalue weighted by Crippen LogP contribution is -3.12. The molecule has 4 heteroatoms. The molecule has 0 unspecified atom stereocenters. The van der Waals surface area contributed by atoms with E-state index in [0.29, 0.717) is 6.42 Å². The number of benzene rings is 1. The number of quaternary nitrogens is 1. The van der Waals surface area contributed by atoms with E-state index in [2.05, 4.69) is 23.3 Å². The van der Waals surface area contributed by atoms with Gasteiger partial charge < -0.3 is 15.1 Å². The first-order chi connectivity index (χ1) is 8.70. The van der Waals surface area contributed by atoms with E-state index in [1.165, 1.54) is 0 Å². The Morgan fingerprint density at radius 3 is 2.67 bits per heavy atom. The minimum atomic E-state index is 0.0715. The first kappa shape index (κ1) is 12.9. The average molecular weight is 248 g/mol. The summed E-state index contributed by atoms with van der Waals surface area (Å²) in [5.41, 5.74) is 2.08. The largest absolute Gasteiger partial charge is 0.359 e. The first-order valence-corrected chi connectivity index (χ1v) is 6.66. The highest BCUT2D eigenvalue weighted by molar-refractivity contribution is 5.94. The quantitative estimate of drug-likeness (QED) is 0.811. The fraction of sp³-hybridized carbons (Fsp3) is 0.500. The van der Waals surface area contributed by atoms with Crippen LogP contribution < -0.4 is 15.1 Å². The third-order valence-electron chi connectivity index (χ3n) is 3.46. The summed E-state index contributed by atoms with van der Waals surface area (Å²) in [6.45, 7) is 6.26. The van der Waals surface area contributed by atoms with Crippen LogP contribution in [-0.4, -0.2) is 39.1 Å². The lowest BCUT2D eigenvalue weighted by atomic mass is 10.2. The van der Waals surface area contributed by atoms with Gasteiger partial charge in [-0.25, -0.2) is 0 Å². The van der Waals surface area contributed by atoms with Crippen LogP contribution in [0.1, 0.15) is 13.3 Å². The number of hydrogen-bond acceptors (Lipinski definition) is 2. The van der Waals surface area contributed by atoms with Crippen molar-refractivity contribution in [3.05, 3.63) is 24.3 Å². The van der Waals surface area contributed by atoms with Gasteiger partial charge in [0.05, 0.1) is 44.6 Å². The van der Waals surface area contributed by atoms with Gasteiger partial charge in [-0.3, -0.25) is 4.79 Å². The smallest absolute Gasteiger partial charge is 0.224 e. The van der Waals surface area contributed by atoms with Crippen molar-refractivity contribution in [1.29, 1.82) is 0 Å². The predicted octanol–water partition coefficient (Wildman–Crippen LogP) is 0.370. The normalized spacial score (nSPS) is 16.7. The van der Waals surface area contributed by atoms with Gasteiger partial charge in [-0.1, -0.05) is 19.1 Å². The summed E-state index contributed by atoms with van der Waals surface area (Å²) >= 11 is 0. The Morgan fingerprint density at radius 1 is 1.33 bits per heavy atom. The molecule has 0 saturated carbocycles. The molecule has 1 heterocycles. The van der Waals surface area contributed by atoms with Crippen molar-refractivity contribution in [3.63, 3.8) is 0 Å². The number of piperazine rings is 1. The van der Waals surface area contributed by atoms with Crippen LogP contribution in [0.4, 0.5) is 11.4 Å². The predicted molar refractivity (Wildman–Crippen MR) is 74.2 cm³/mol. The zero-order valence-electron chi connectivity index (χ0n) is 11.2. The highest BCUT2D eigenvalue weighted by atomic mass is 16.1. The van der Waals surface area contributed by atoms with E-state index in [4.69, 9.17) is 0 Å². The van der Waals surface area contributed by atoms with Gasteiger partial charge in [0.1, 0.15) is 0 Å². The highest BCUT2D eigenvalue weighted by Crippen LogP contribution is 2.25. The second-order valence-corrected chi connectivity index (χ2v) is 4.86. The Labute approximate surface area is 109 Å². The molecule has 1 aromatic rings. The molecule has 1 fully saturated rings. The van der Waals surface area contributed by atoms with Crippen LogP contribution in [0.15, 0.2) is 24.3 Å². The van der Waals surface area contributed by atoms with Gasteiger partial charge >= 0.3 is 0 Å². The molecule has 0 bridgehead atoms. The van der Waals surface area contributed by atoms with Crippen molar-refractivity contribution in [2.75, 3.05) is 43.4 Å². The fourth-order valence-corrected chi connectivity index (χ4v) is 2.22. The maximum Gasteiger partial charge on any atom is 0.224 e. The maximum atomic E-state index is 11.5. The number of hydrogen-bond donors (Lipinski definition) is 2. The zero-order chi connectivity index (χ0) is 13.0. The van der Waals surface area contributed by atoms with Gasteiger partial charge in [0.25, 0.3) is 0 Å². The molecular weight excluding hydrogens is 226 g/mol.